The van der Waals surface area contributed by atoms with E-state index in [0.717, 1.165) is 10.9 Å². The molecule has 1 fully saturated rings. The lowest BCUT2D eigenvalue weighted by Gasteiger charge is -2.34. The Morgan fingerprint density at radius 1 is 1.43 bits per heavy atom. The largest absolute Gasteiger partial charge is 0.483 e. The van der Waals surface area contributed by atoms with Gasteiger partial charge in [0.05, 0.1) is 4.47 Å². The van der Waals surface area contributed by atoms with Gasteiger partial charge in [0, 0.05) is 11.1 Å². The molecule has 2 rings (SSSR count). The van der Waals surface area contributed by atoms with Crippen molar-refractivity contribution in [3.63, 3.8) is 0 Å². The zero-order chi connectivity index (χ0) is 15.4. The third-order valence-electron chi connectivity index (χ3n) is 4.31. The van der Waals surface area contributed by atoms with Gasteiger partial charge in [-0.2, -0.15) is 0 Å². The molecule has 1 aromatic carbocycles. The summed E-state index contributed by atoms with van der Waals surface area (Å²) in [6.45, 7) is 4.49. The summed E-state index contributed by atoms with van der Waals surface area (Å²) in [7, 11) is 0. The van der Waals surface area contributed by atoms with Crippen molar-refractivity contribution < 1.29 is 9.53 Å². The van der Waals surface area contributed by atoms with E-state index in [-0.39, 0.29) is 18.6 Å². The van der Waals surface area contributed by atoms with Crippen molar-refractivity contribution in [2.45, 2.75) is 39.2 Å². The Balaban J connectivity index is 1.84. The van der Waals surface area contributed by atoms with Crippen molar-refractivity contribution in [1.82, 2.24) is 5.32 Å². The van der Waals surface area contributed by atoms with Crippen LogP contribution >= 0.6 is 27.5 Å². The van der Waals surface area contributed by atoms with Gasteiger partial charge in [0.15, 0.2) is 6.61 Å². The maximum atomic E-state index is 12.0. The lowest BCUT2D eigenvalue weighted by Crippen LogP contribution is -2.45. The Hall–Kier alpha value is -0.740. The SMILES string of the molecule is C[C@@H]1[C@@H](C)CCC[C@H]1NC(=O)COc1ccc(Cl)cc1Br. The molecule has 1 N–H and O–H groups in total. The third kappa shape index (κ3) is 4.62. The summed E-state index contributed by atoms with van der Waals surface area (Å²) in [6.07, 6.45) is 3.49. The van der Waals surface area contributed by atoms with E-state index in [4.69, 9.17) is 16.3 Å². The molecule has 0 radical (unpaired) electrons. The van der Waals surface area contributed by atoms with Crippen LogP contribution in [0.5, 0.6) is 5.75 Å². The van der Waals surface area contributed by atoms with Crippen LogP contribution in [0.4, 0.5) is 0 Å². The van der Waals surface area contributed by atoms with Gasteiger partial charge in [0.2, 0.25) is 0 Å². The summed E-state index contributed by atoms with van der Waals surface area (Å²) in [5, 5.41) is 3.72. The third-order valence-corrected chi connectivity index (χ3v) is 5.16. The maximum Gasteiger partial charge on any atom is 0.258 e. The van der Waals surface area contributed by atoms with Gasteiger partial charge in [0.25, 0.3) is 5.91 Å². The number of hydrogen-bond donors (Lipinski definition) is 1. The second-order valence-electron chi connectivity index (χ2n) is 5.80. The molecular weight excluding hydrogens is 354 g/mol. The molecule has 1 saturated carbocycles. The van der Waals surface area contributed by atoms with Crippen molar-refractivity contribution >= 4 is 33.4 Å². The van der Waals surface area contributed by atoms with Crippen molar-refractivity contribution in [3.05, 3.63) is 27.7 Å². The van der Waals surface area contributed by atoms with Crippen LogP contribution in [0.3, 0.4) is 0 Å². The quantitative estimate of drug-likeness (QED) is 0.847. The highest BCUT2D eigenvalue weighted by molar-refractivity contribution is 9.10. The first-order chi connectivity index (χ1) is 9.97. The van der Waals surface area contributed by atoms with Gasteiger partial charge in [-0.15, -0.1) is 0 Å². The van der Waals surface area contributed by atoms with E-state index in [9.17, 15) is 4.79 Å². The Morgan fingerprint density at radius 3 is 2.90 bits per heavy atom. The molecule has 1 amide bonds. The van der Waals surface area contributed by atoms with Gasteiger partial charge in [-0.1, -0.05) is 38.3 Å². The molecule has 1 aliphatic carbocycles. The number of halogens is 2. The van der Waals surface area contributed by atoms with Crippen LogP contribution in [0.25, 0.3) is 0 Å². The van der Waals surface area contributed by atoms with E-state index >= 15 is 0 Å². The molecule has 3 atom stereocenters. The fourth-order valence-corrected chi connectivity index (χ4v) is 3.57. The monoisotopic (exact) mass is 373 g/mol. The summed E-state index contributed by atoms with van der Waals surface area (Å²) < 4.78 is 6.29. The smallest absolute Gasteiger partial charge is 0.258 e. The molecule has 21 heavy (non-hydrogen) atoms. The number of carbonyl (C=O) groups excluding carboxylic acids is 1. The summed E-state index contributed by atoms with van der Waals surface area (Å²) in [5.41, 5.74) is 0. The summed E-state index contributed by atoms with van der Waals surface area (Å²) in [5.74, 6) is 1.74. The fourth-order valence-electron chi connectivity index (χ4n) is 2.77. The molecule has 0 unspecified atom stereocenters. The lowest BCUT2D eigenvalue weighted by molar-refractivity contribution is -0.124. The number of nitrogens with one attached hydrogen (secondary N) is 1. The summed E-state index contributed by atoms with van der Waals surface area (Å²) >= 11 is 9.25. The zero-order valence-corrected chi connectivity index (χ0v) is 14.7. The number of rotatable bonds is 4. The standard InChI is InChI=1S/C16H21BrClNO2/c1-10-4-3-5-14(11(10)2)19-16(20)9-21-15-7-6-12(18)8-13(15)17/h6-8,10-11,14H,3-5,9H2,1-2H3,(H,19,20)/t10-,11+,14+/m0/s1. The molecule has 0 heterocycles. The number of benzene rings is 1. The Labute approximate surface area is 139 Å². The Kier molecular flexibility index (Phi) is 5.94. The average Bonchev–Trinajstić information content (AvgIpc) is 2.43. The van der Waals surface area contributed by atoms with Crippen molar-refractivity contribution in [1.29, 1.82) is 0 Å². The van der Waals surface area contributed by atoms with Crippen molar-refractivity contribution in [2.75, 3.05) is 6.61 Å². The van der Waals surface area contributed by atoms with E-state index in [1.54, 1.807) is 18.2 Å². The first-order valence-electron chi connectivity index (χ1n) is 7.34. The van der Waals surface area contributed by atoms with Gasteiger partial charge >= 0.3 is 0 Å². The maximum absolute atomic E-state index is 12.0. The van der Waals surface area contributed by atoms with Gasteiger partial charge in [-0.3, -0.25) is 4.79 Å². The van der Waals surface area contributed by atoms with Crippen LogP contribution in [0.2, 0.25) is 5.02 Å². The Morgan fingerprint density at radius 2 is 2.19 bits per heavy atom. The molecule has 0 bridgehead atoms. The highest BCUT2D eigenvalue weighted by atomic mass is 79.9. The van der Waals surface area contributed by atoms with Crippen LogP contribution in [0.1, 0.15) is 33.1 Å². The number of hydrogen-bond acceptors (Lipinski definition) is 2. The van der Waals surface area contributed by atoms with Crippen LogP contribution < -0.4 is 10.1 Å². The van der Waals surface area contributed by atoms with Gasteiger partial charge in [-0.25, -0.2) is 0 Å². The predicted octanol–water partition coefficient (Wildman–Crippen LogP) is 4.42. The minimum atomic E-state index is -0.0669. The zero-order valence-electron chi connectivity index (χ0n) is 12.4. The highest BCUT2D eigenvalue weighted by Gasteiger charge is 2.28. The van der Waals surface area contributed by atoms with Gasteiger partial charge in [-0.05, 0) is 52.4 Å². The fraction of sp³-hybridized carbons (Fsp3) is 0.562. The molecule has 0 saturated heterocycles. The van der Waals surface area contributed by atoms with E-state index in [1.807, 2.05) is 0 Å². The van der Waals surface area contributed by atoms with E-state index < -0.39 is 0 Å². The normalized spacial score (nSPS) is 25.4. The van der Waals surface area contributed by atoms with E-state index in [2.05, 4.69) is 35.1 Å². The van der Waals surface area contributed by atoms with Gasteiger partial charge in [0.1, 0.15) is 5.75 Å². The van der Waals surface area contributed by atoms with Gasteiger partial charge < -0.3 is 10.1 Å². The summed E-state index contributed by atoms with van der Waals surface area (Å²) in [6, 6.07) is 5.51. The number of carbonyl (C=O) groups is 1. The molecule has 0 aliphatic heterocycles. The van der Waals surface area contributed by atoms with Crippen LogP contribution in [0, 0.1) is 11.8 Å². The second-order valence-corrected chi connectivity index (χ2v) is 7.10. The molecule has 116 valence electrons. The molecule has 1 aromatic rings. The predicted molar refractivity (Wildman–Crippen MR) is 88.8 cm³/mol. The molecular formula is C16H21BrClNO2. The molecule has 5 heteroatoms. The lowest BCUT2D eigenvalue weighted by atomic mass is 9.78. The first-order valence-corrected chi connectivity index (χ1v) is 8.51. The molecule has 0 spiro atoms. The van der Waals surface area contributed by atoms with Crippen molar-refractivity contribution in [2.24, 2.45) is 11.8 Å². The highest BCUT2D eigenvalue weighted by Crippen LogP contribution is 2.30. The number of ether oxygens (including phenoxy) is 1. The summed E-state index contributed by atoms with van der Waals surface area (Å²) in [4.78, 5) is 12.0. The molecule has 1 aliphatic rings. The minimum absolute atomic E-state index is 0.0256. The van der Waals surface area contributed by atoms with Crippen molar-refractivity contribution in [3.8, 4) is 5.75 Å². The molecule has 3 nitrogen and oxygen atoms in total. The molecule has 0 aromatic heterocycles. The minimum Gasteiger partial charge on any atom is -0.483 e. The second kappa shape index (κ2) is 7.50. The van der Waals surface area contributed by atoms with Crippen LogP contribution in [0.15, 0.2) is 22.7 Å². The first kappa shape index (κ1) is 16.6. The van der Waals surface area contributed by atoms with Crippen LogP contribution in [-0.4, -0.2) is 18.6 Å². The van der Waals surface area contributed by atoms with Crippen LogP contribution in [-0.2, 0) is 4.79 Å². The topological polar surface area (TPSA) is 38.3 Å². The van der Waals surface area contributed by atoms with E-state index in [1.165, 1.54) is 12.8 Å². The number of amides is 1. The average molecular weight is 375 g/mol. The van der Waals surface area contributed by atoms with E-state index in [0.29, 0.717) is 22.6 Å². The Bertz CT molecular complexity index is 509.